The number of benzene rings is 1. The van der Waals surface area contributed by atoms with Gasteiger partial charge in [0.05, 0.1) is 5.56 Å². The van der Waals surface area contributed by atoms with Crippen LogP contribution in [0.2, 0.25) is 0 Å². The second-order valence-electron chi connectivity index (χ2n) is 5.04. The molecule has 0 heterocycles. The maximum atomic E-state index is 13.2. The van der Waals surface area contributed by atoms with E-state index < -0.39 is 11.8 Å². The van der Waals surface area contributed by atoms with Gasteiger partial charge in [0.25, 0.3) is 0 Å². The first kappa shape index (κ1) is 13.0. The predicted octanol–water partition coefficient (Wildman–Crippen LogP) is 2.68. The highest BCUT2D eigenvalue weighted by Gasteiger charge is 2.35. The number of hydrogen-bond acceptors (Lipinski definition) is 2. The van der Waals surface area contributed by atoms with Crippen LogP contribution in [0.3, 0.4) is 0 Å². The summed E-state index contributed by atoms with van der Waals surface area (Å²) in [5.74, 6) is -1.60. The summed E-state index contributed by atoms with van der Waals surface area (Å²) in [6.07, 6.45) is 5.03. The Labute approximate surface area is 106 Å². The molecule has 0 aromatic heterocycles. The highest BCUT2D eigenvalue weighted by atomic mass is 19.1. The van der Waals surface area contributed by atoms with Crippen molar-refractivity contribution in [3.63, 3.8) is 0 Å². The quantitative estimate of drug-likeness (QED) is 0.868. The Morgan fingerprint density at radius 1 is 1.33 bits per heavy atom. The lowest BCUT2D eigenvalue weighted by molar-refractivity contribution is 0.0692. The number of carboxylic acid groups (broad SMARTS) is 1. The fraction of sp³-hybridized carbons (Fsp3) is 0.500. The standard InChI is InChI=1S/C14H18FNO2/c15-10-4-5-12(11(8-10)13(17)18)14(9-16)6-2-1-3-7-14/h4-5,8H,1-3,6-7,9,16H2,(H,17,18). The van der Waals surface area contributed by atoms with Crippen LogP contribution in [0.4, 0.5) is 4.39 Å². The summed E-state index contributed by atoms with van der Waals surface area (Å²) < 4.78 is 13.2. The summed E-state index contributed by atoms with van der Waals surface area (Å²) in [6, 6.07) is 4.02. The SMILES string of the molecule is NCC1(c2ccc(F)cc2C(=O)O)CCCCC1. The van der Waals surface area contributed by atoms with Crippen molar-refractivity contribution in [1.82, 2.24) is 0 Å². The van der Waals surface area contributed by atoms with Crippen LogP contribution in [-0.4, -0.2) is 17.6 Å². The molecular formula is C14H18FNO2. The van der Waals surface area contributed by atoms with Crippen LogP contribution in [0.1, 0.15) is 48.0 Å². The van der Waals surface area contributed by atoms with Gasteiger partial charge < -0.3 is 10.8 Å². The Morgan fingerprint density at radius 2 is 2.00 bits per heavy atom. The van der Waals surface area contributed by atoms with Crippen LogP contribution in [0.25, 0.3) is 0 Å². The summed E-state index contributed by atoms with van der Waals surface area (Å²) in [4.78, 5) is 11.3. The Morgan fingerprint density at radius 3 is 2.56 bits per heavy atom. The minimum absolute atomic E-state index is 0.0577. The van der Waals surface area contributed by atoms with Gasteiger partial charge in [-0.2, -0.15) is 0 Å². The van der Waals surface area contributed by atoms with Crippen LogP contribution in [0.15, 0.2) is 18.2 Å². The molecule has 1 aliphatic carbocycles. The molecule has 0 spiro atoms. The maximum absolute atomic E-state index is 13.2. The molecule has 0 unspecified atom stereocenters. The molecular weight excluding hydrogens is 233 g/mol. The first-order valence-electron chi connectivity index (χ1n) is 6.32. The van der Waals surface area contributed by atoms with Crippen molar-refractivity contribution in [2.75, 3.05) is 6.54 Å². The first-order chi connectivity index (χ1) is 8.59. The van der Waals surface area contributed by atoms with Crippen LogP contribution in [-0.2, 0) is 5.41 Å². The van der Waals surface area contributed by atoms with E-state index in [0.29, 0.717) is 12.1 Å². The van der Waals surface area contributed by atoms with Gasteiger partial charge in [-0.25, -0.2) is 9.18 Å². The van der Waals surface area contributed by atoms with Crippen LogP contribution < -0.4 is 5.73 Å². The molecule has 1 aromatic carbocycles. The number of carbonyl (C=O) groups is 1. The molecule has 3 nitrogen and oxygen atoms in total. The van der Waals surface area contributed by atoms with E-state index in [1.54, 1.807) is 6.07 Å². The van der Waals surface area contributed by atoms with E-state index in [4.69, 9.17) is 5.73 Å². The van der Waals surface area contributed by atoms with Crippen LogP contribution >= 0.6 is 0 Å². The molecule has 1 aromatic rings. The first-order valence-corrected chi connectivity index (χ1v) is 6.32. The number of halogens is 1. The number of aromatic carboxylic acids is 1. The number of nitrogens with two attached hydrogens (primary N) is 1. The third-order valence-corrected chi connectivity index (χ3v) is 3.98. The molecule has 18 heavy (non-hydrogen) atoms. The van der Waals surface area contributed by atoms with Gasteiger partial charge >= 0.3 is 5.97 Å². The van der Waals surface area contributed by atoms with Gasteiger partial charge in [-0.05, 0) is 30.5 Å². The van der Waals surface area contributed by atoms with Gasteiger partial charge in [-0.3, -0.25) is 0 Å². The Kier molecular flexibility index (Phi) is 3.66. The molecule has 1 fully saturated rings. The highest BCUT2D eigenvalue weighted by molar-refractivity contribution is 5.90. The molecule has 2 rings (SSSR count). The highest BCUT2D eigenvalue weighted by Crippen LogP contribution is 2.40. The lowest BCUT2D eigenvalue weighted by Crippen LogP contribution is -2.38. The van der Waals surface area contributed by atoms with Crippen molar-refractivity contribution in [2.45, 2.75) is 37.5 Å². The zero-order valence-corrected chi connectivity index (χ0v) is 10.3. The number of carboxylic acids is 1. The average Bonchev–Trinajstić information content (AvgIpc) is 2.39. The fourth-order valence-electron chi connectivity index (χ4n) is 2.97. The number of rotatable bonds is 3. The van der Waals surface area contributed by atoms with Gasteiger partial charge in [0.2, 0.25) is 0 Å². The van der Waals surface area contributed by atoms with Crippen molar-refractivity contribution in [3.8, 4) is 0 Å². The molecule has 1 aliphatic rings. The summed E-state index contributed by atoms with van der Waals surface area (Å²) in [7, 11) is 0. The van der Waals surface area contributed by atoms with E-state index in [0.717, 1.165) is 38.2 Å². The largest absolute Gasteiger partial charge is 0.478 e. The Hall–Kier alpha value is -1.42. The van der Waals surface area contributed by atoms with Gasteiger partial charge in [0.15, 0.2) is 0 Å². The lowest BCUT2D eigenvalue weighted by Gasteiger charge is -2.37. The lowest BCUT2D eigenvalue weighted by atomic mass is 9.68. The van der Waals surface area contributed by atoms with Crippen molar-refractivity contribution < 1.29 is 14.3 Å². The zero-order valence-electron chi connectivity index (χ0n) is 10.3. The second kappa shape index (κ2) is 5.06. The van der Waals surface area contributed by atoms with Gasteiger partial charge in [0, 0.05) is 12.0 Å². The van der Waals surface area contributed by atoms with E-state index in [1.165, 1.54) is 6.07 Å². The molecule has 1 saturated carbocycles. The van der Waals surface area contributed by atoms with E-state index in [-0.39, 0.29) is 11.0 Å². The third-order valence-electron chi connectivity index (χ3n) is 3.98. The van der Waals surface area contributed by atoms with Crippen molar-refractivity contribution >= 4 is 5.97 Å². The number of hydrogen-bond donors (Lipinski definition) is 2. The van der Waals surface area contributed by atoms with Gasteiger partial charge in [-0.15, -0.1) is 0 Å². The molecule has 0 bridgehead atoms. The monoisotopic (exact) mass is 251 g/mol. The van der Waals surface area contributed by atoms with Crippen LogP contribution in [0, 0.1) is 5.82 Å². The summed E-state index contributed by atoms with van der Waals surface area (Å²) in [5.41, 5.74) is 6.35. The van der Waals surface area contributed by atoms with E-state index in [2.05, 4.69) is 0 Å². The molecule has 0 saturated heterocycles. The summed E-state index contributed by atoms with van der Waals surface area (Å²) >= 11 is 0. The van der Waals surface area contributed by atoms with Gasteiger partial charge in [-0.1, -0.05) is 25.3 Å². The molecule has 98 valence electrons. The van der Waals surface area contributed by atoms with Gasteiger partial charge in [0.1, 0.15) is 5.82 Å². The van der Waals surface area contributed by atoms with Crippen molar-refractivity contribution in [3.05, 3.63) is 35.1 Å². The molecule has 0 aliphatic heterocycles. The Balaban J connectivity index is 2.50. The molecule has 4 heteroatoms. The van der Waals surface area contributed by atoms with E-state index in [9.17, 15) is 14.3 Å². The predicted molar refractivity (Wildman–Crippen MR) is 67.2 cm³/mol. The molecule has 0 amide bonds. The summed E-state index contributed by atoms with van der Waals surface area (Å²) in [5, 5.41) is 9.22. The van der Waals surface area contributed by atoms with Crippen molar-refractivity contribution in [2.24, 2.45) is 5.73 Å². The normalized spacial score (nSPS) is 18.6. The fourth-order valence-corrected chi connectivity index (χ4v) is 2.97. The molecule has 0 atom stereocenters. The Bertz CT molecular complexity index is 453. The summed E-state index contributed by atoms with van der Waals surface area (Å²) in [6.45, 7) is 0.416. The van der Waals surface area contributed by atoms with E-state index in [1.807, 2.05) is 0 Å². The molecule has 3 N–H and O–H groups in total. The van der Waals surface area contributed by atoms with Crippen LogP contribution in [0.5, 0.6) is 0 Å². The average molecular weight is 251 g/mol. The van der Waals surface area contributed by atoms with Crippen molar-refractivity contribution in [1.29, 1.82) is 0 Å². The smallest absolute Gasteiger partial charge is 0.336 e. The molecule has 0 radical (unpaired) electrons. The minimum Gasteiger partial charge on any atom is -0.478 e. The topological polar surface area (TPSA) is 63.3 Å². The van der Waals surface area contributed by atoms with E-state index >= 15 is 0 Å². The minimum atomic E-state index is -1.08. The zero-order chi connectivity index (χ0) is 13.2. The second-order valence-corrected chi connectivity index (χ2v) is 5.04. The maximum Gasteiger partial charge on any atom is 0.336 e. The third kappa shape index (κ3) is 2.25.